The van der Waals surface area contributed by atoms with E-state index in [0.29, 0.717) is 6.61 Å². The Labute approximate surface area is 136 Å². The zero-order valence-corrected chi connectivity index (χ0v) is 16.0. The number of carbonyl (C=O) groups is 2. The number of rotatable bonds is 2. The number of aryl methyl sites for hydroxylation is 1. The number of carboxylic acids is 1. The molecule has 0 radical (unpaired) electrons. The third-order valence-corrected chi connectivity index (χ3v) is 2.17. The first-order valence-electron chi connectivity index (χ1n) is 5.60. The first kappa shape index (κ1) is 21.4. The van der Waals surface area contributed by atoms with Crippen LogP contribution in [0.2, 0.25) is 5.02 Å². The minimum atomic E-state index is -1.01. The van der Waals surface area contributed by atoms with Gasteiger partial charge in [-0.15, -0.1) is 17.8 Å². The standard InChI is InChI=1S/C7H8ClN2O2.C5H10O2.Zn/c1-3-12-7(11)6-5(8)4-9-10(6)2;1-5(2,3)4(6)7;/h3H2,1-2H3;1-3H3,(H,6,7);/q-1;;+2/p-1. The van der Waals surface area contributed by atoms with Gasteiger partial charge in [0.15, 0.2) is 0 Å². The zero-order chi connectivity index (χ0) is 15.2. The van der Waals surface area contributed by atoms with Crippen LogP contribution in [-0.2, 0) is 36.1 Å². The Morgan fingerprint density at radius 2 is 1.90 bits per heavy atom. The molecule has 8 heteroatoms. The third-order valence-electron chi connectivity index (χ3n) is 1.91. The number of hydrogen-bond donors (Lipinski definition) is 0. The number of ether oxygens (including phenoxy) is 1. The fourth-order valence-electron chi connectivity index (χ4n) is 0.785. The van der Waals surface area contributed by atoms with Crippen LogP contribution in [0.3, 0.4) is 0 Å². The molecule has 0 aromatic carbocycles. The van der Waals surface area contributed by atoms with Gasteiger partial charge >= 0.3 is 19.5 Å². The van der Waals surface area contributed by atoms with E-state index in [0.717, 1.165) is 0 Å². The van der Waals surface area contributed by atoms with Gasteiger partial charge in [-0.25, -0.2) is 0 Å². The Kier molecular flexibility index (Phi) is 9.70. The molecule has 0 unspecified atom stereocenters. The molecule has 0 bridgehead atoms. The second-order valence-corrected chi connectivity index (χ2v) is 5.03. The van der Waals surface area contributed by atoms with E-state index in [1.54, 1.807) is 34.7 Å². The average Bonchev–Trinajstić information content (AvgIpc) is 2.58. The van der Waals surface area contributed by atoms with E-state index in [9.17, 15) is 14.7 Å². The monoisotopic (exact) mass is 352 g/mol. The van der Waals surface area contributed by atoms with Gasteiger partial charge < -0.3 is 24.4 Å². The fourth-order valence-corrected chi connectivity index (χ4v) is 1.02. The van der Waals surface area contributed by atoms with E-state index in [1.165, 1.54) is 4.68 Å². The average molecular weight is 354 g/mol. The predicted molar refractivity (Wildman–Crippen MR) is 67.5 cm³/mol. The number of esters is 1. The molecule has 0 N–H and O–H groups in total. The van der Waals surface area contributed by atoms with Gasteiger partial charge in [-0.2, -0.15) is 0 Å². The molecule has 0 fully saturated rings. The summed E-state index contributed by atoms with van der Waals surface area (Å²) >= 11 is 5.64. The maximum absolute atomic E-state index is 11.2. The van der Waals surface area contributed by atoms with Gasteiger partial charge in [0.2, 0.25) is 0 Å². The molecule has 1 aromatic heterocycles. The summed E-state index contributed by atoms with van der Waals surface area (Å²) in [7, 11) is 1.61. The molecule has 1 aromatic rings. The van der Waals surface area contributed by atoms with Crippen molar-refractivity contribution in [2.24, 2.45) is 12.5 Å². The van der Waals surface area contributed by atoms with Gasteiger partial charge in [0.25, 0.3) is 5.97 Å². The van der Waals surface area contributed by atoms with E-state index >= 15 is 0 Å². The summed E-state index contributed by atoms with van der Waals surface area (Å²) in [5, 5.41) is 13.8. The number of carbonyl (C=O) groups excluding carboxylic acids is 2. The fraction of sp³-hybridized carbons (Fsp3) is 0.583. The van der Waals surface area contributed by atoms with Gasteiger partial charge in [-0.3, -0.25) is 4.79 Å². The first-order valence-corrected chi connectivity index (χ1v) is 5.97. The first-order chi connectivity index (χ1) is 8.61. The molecule has 0 spiro atoms. The topological polar surface area (TPSA) is 84.2 Å². The molecular formula is C12H17ClN2O4Zn. The van der Waals surface area contributed by atoms with Gasteiger partial charge in [-0.05, 0) is 6.92 Å². The van der Waals surface area contributed by atoms with Crippen LogP contribution in [0.25, 0.3) is 0 Å². The third kappa shape index (κ3) is 7.01. The van der Waals surface area contributed by atoms with Crippen LogP contribution in [0.4, 0.5) is 0 Å². The summed E-state index contributed by atoms with van der Waals surface area (Å²) in [6.07, 6.45) is 2.45. The quantitative estimate of drug-likeness (QED) is 0.446. The molecule has 0 amide bonds. The Hall–Kier alpha value is -0.937. The second kappa shape index (κ2) is 9.08. The van der Waals surface area contributed by atoms with E-state index in [-0.39, 0.29) is 30.2 Å². The zero-order valence-electron chi connectivity index (χ0n) is 12.3. The van der Waals surface area contributed by atoms with Crippen LogP contribution >= 0.6 is 11.6 Å². The molecule has 0 atom stereocenters. The summed E-state index contributed by atoms with van der Waals surface area (Å²) in [5.41, 5.74) is -0.460. The van der Waals surface area contributed by atoms with Crippen molar-refractivity contribution < 1.29 is 38.9 Å². The minimum absolute atomic E-state index is 0. The summed E-state index contributed by atoms with van der Waals surface area (Å²) < 4.78 is 6.08. The number of nitrogens with zero attached hydrogens (tertiary/aromatic N) is 2. The van der Waals surface area contributed by atoms with Crippen LogP contribution in [0, 0.1) is 11.6 Å². The molecule has 0 aliphatic heterocycles. The second-order valence-electron chi connectivity index (χ2n) is 4.66. The summed E-state index contributed by atoms with van der Waals surface area (Å²) in [4.78, 5) is 21.1. The number of aromatic nitrogens is 2. The van der Waals surface area contributed by atoms with Gasteiger partial charge in [-0.1, -0.05) is 25.8 Å². The molecule has 1 rings (SSSR count). The van der Waals surface area contributed by atoms with Crippen LogP contribution < -0.4 is 5.11 Å². The maximum atomic E-state index is 11.2. The molecule has 6 nitrogen and oxygen atoms in total. The number of carboxylic acid groups (broad SMARTS) is 1. The Morgan fingerprint density at radius 1 is 1.45 bits per heavy atom. The van der Waals surface area contributed by atoms with Crippen LogP contribution in [-0.4, -0.2) is 28.3 Å². The number of aliphatic carboxylic acids is 1. The Balaban J connectivity index is 0. The van der Waals surface area contributed by atoms with Crippen LogP contribution in [0.15, 0.2) is 0 Å². The minimum Gasteiger partial charge on any atom is -0.550 e. The molecule has 1 heterocycles. The van der Waals surface area contributed by atoms with E-state index in [2.05, 4.69) is 11.3 Å². The molecule has 108 valence electrons. The van der Waals surface area contributed by atoms with Crippen molar-refractivity contribution in [2.75, 3.05) is 6.61 Å². The van der Waals surface area contributed by atoms with Crippen molar-refractivity contribution in [3.63, 3.8) is 0 Å². The summed E-state index contributed by atoms with van der Waals surface area (Å²) in [6, 6.07) is 0. The number of halogens is 1. The van der Waals surface area contributed by atoms with E-state index in [4.69, 9.17) is 16.3 Å². The van der Waals surface area contributed by atoms with Crippen molar-refractivity contribution >= 4 is 23.5 Å². The summed E-state index contributed by atoms with van der Waals surface area (Å²) in [5.74, 6) is -1.48. The van der Waals surface area contributed by atoms with Crippen molar-refractivity contribution in [3.8, 4) is 0 Å². The van der Waals surface area contributed by atoms with E-state index < -0.39 is 17.4 Å². The Morgan fingerprint density at radius 3 is 2.15 bits per heavy atom. The SMILES string of the molecule is CC(C)(C)C(=O)[O-].CCOC(=O)c1c(Cl)[c-]nn1C.[Zn+2]. The molecule has 0 saturated heterocycles. The van der Waals surface area contributed by atoms with Crippen molar-refractivity contribution in [2.45, 2.75) is 27.7 Å². The molecular weight excluding hydrogens is 337 g/mol. The molecule has 0 saturated carbocycles. The van der Waals surface area contributed by atoms with Gasteiger partial charge in [0.1, 0.15) is 0 Å². The normalized spacial score (nSPS) is 9.90. The van der Waals surface area contributed by atoms with Crippen LogP contribution in [0.1, 0.15) is 38.2 Å². The molecule has 0 aliphatic rings. The largest absolute Gasteiger partial charge is 2.00 e. The van der Waals surface area contributed by atoms with Crippen molar-refractivity contribution in [1.29, 1.82) is 0 Å². The number of hydrogen-bond acceptors (Lipinski definition) is 5. The van der Waals surface area contributed by atoms with Gasteiger partial charge in [0.05, 0.1) is 6.61 Å². The predicted octanol–water partition coefficient (Wildman–Crippen LogP) is 0.830. The van der Waals surface area contributed by atoms with E-state index in [1.807, 2.05) is 0 Å². The Bertz CT molecular complexity index is 435. The van der Waals surface area contributed by atoms with Crippen LogP contribution in [0.5, 0.6) is 0 Å². The molecule has 20 heavy (non-hydrogen) atoms. The summed E-state index contributed by atoms with van der Waals surface area (Å²) in [6.45, 7) is 6.85. The van der Waals surface area contributed by atoms with Gasteiger partial charge in [0, 0.05) is 24.1 Å². The maximum Gasteiger partial charge on any atom is 2.00 e. The van der Waals surface area contributed by atoms with Crippen molar-refractivity contribution in [1.82, 2.24) is 9.78 Å². The molecule has 0 aliphatic carbocycles. The smallest absolute Gasteiger partial charge is 0.550 e. The van der Waals surface area contributed by atoms with Crippen molar-refractivity contribution in [3.05, 3.63) is 16.9 Å².